The van der Waals surface area contributed by atoms with E-state index in [4.69, 9.17) is 18.0 Å². The second kappa shape index (κ2) is 5.80. The van der Waals surface area contributed by atoms with Crippen LogP contribution in [0.15, 0.2) is 18.3 Å². The monoisotopic (exact) mass is 237 g/mol. The van der Waals surface area contributed by atoms with Gasteiger partial charge in [0.2, 0.25) is 0 Å². The van der Waals surface area contributed by atoms with Gasteiger partial charge in [-0.05, 0) is 24.5 Å². The van der Waals surface area contributed by atoms with Gasteiger partial charge in [0.05, 0.1) is 17.6 Å². The topological polar surface area (TPSA) is 42.1 Å². The zero-order chi connectivity index (χ0) is 12.1. The van der Waals surface area contributed by atoms with E-state index in [2.05, 4.69) is 30.8 Å². The van der Waals surface area contributed by atoms with Gasteiger partial charge in [0.1, 0.15) is 4.99 Å². The highest BCUT2D eigenvalue weighted by Crippen LogP contribution is 2.13. The Morgan fingerprint density at radius 3 is 2.62 bits per heavy atom. The van der Waals surface area contributed by atoms with Gasteiger partial charge in [0, 0.05) is 13.6 Å². The SMILES string of the molecule is CC(C)CCN(C)c1ccc(C(N)=S)nc1. The van der Waals surface area contributed by atoms with Crippen LogP contribution >= 0.6 is 12.2 Å². The van der Waals surface area contributed by atoms with Gasteiger partial charge >= 0.3 is 0 Å². The fraction of sp³-hybridized carbons (Fsp3) is 0.500. The molecule has 1 aromatic heterocycles. The van der Waals surface area contributed by atoms with E-state index in [0.29, 0.717) is 16.6 Å². The fourth-order valence-corrected chi connectivity index (χ4v) is 1.46. The van der Waals surface area contributed by atoms with E-state index in [1.54, 1.807) is 0 Å². The maximum Gasteiger partial charge on any atom is 0.122 e. The molecule has 0 aromatic carbocycles. The van der Waals surface area contributed by atoms with Gasteiger partial charge in [-0.15, -0.1) is 0 Å². The molecule has 0 amide bonds. The fourth-order valence-electron chi connectivity index (χ4n) is 1.34. The van der Waals surface area contributed by atoms with Gasteiger partial charge < -0.3 is 10.6 Å². The lowest BCUT2D eigenvalue weighted by Crippen LogP contribution is -2.20. The maximum atomic E-state index is 5.49. The third kappa shape index (κ3) is 3.77. The Bertz CT molecular complexity index is 346. The molecule has 0 saturated heterocycles. The van der Waals surface area contributed by atoms with E-state index in [9.17, 15) is 0 Å². The molecule has 16 heavy (non-hydrogen) atoms. The van der Waals surface area contributed by atoms with Crippen molar-refractivity contribution in [3.63, 3.8) is 0 Å². The summed E-state index contributed by atoms with van der Waals surface area (Å²) in [7, 11) is 2.07. The number of hydrogen-bond acceptors (Lipinski definition) is 3. The van der Waals surface area contributed by atoms with Gasteiger partial charge in [-0.3, -0.25) is 4.98 Å². The van der Waals surface area contributed by atoms with Crippen molar-refractivity contribution in [2.75, 3.05) is 18.5 Å². The summed E-state index contributed by atoms with van der Waals surface area (Å²) in [5, 5.41) is 0. The van der Waals surface area contributed by atoms with Gasteiger partial charge in [-0.2, -0.15) is 0 Å². The zero-order valence-electron chi connectivity index (χ0n) is 10.1. The van der Waals surface area contributed by atoms with Crippen LogP contribution in [0.3, 0.4) is 0 Å². The van der Waals surface area contributed by atoms with Crippen LogP contribution in [0, 0.1) is 5.92 Å². The van der Waals surface area contributed by atoms with Crippen LogP contribution in [-0.2, 0) is 0 Å². The highest BCUT2D eigenvalue weighted by Gasteiger charge is 2.04. The van der Waals surface area contributed by atoms with Crippen molar-refractivity contribution < 1.29 is 0 Å². The molecule has 0 radical (unpaired) electrons. The van der Waals surface area contributed by atoms with Crippen LogP contribution in [-0.4, -0.2) is 23.6 Å². The Kier molecular flexibility index (Phi) is 4.68. The van der Waals surface area contributed by atoms with Gasteiger partial charge in [-0.1, -0.05) is 26.1 Å². The summed E-state index contributed by atoms with van der Waals surface area (Å²) in [6.45, 7) is 5.48. The van der Waals surface area contributed by atoms with Gasteiger partial charge in [0.25, 0.3) is 0 Å². The summed E-state index contributed by atoms with van der Waals surface area (Å²) in [6, 6.07) is 3.87. The van der Waals surface area contributed by atoms with Crippen molar-refractivity contribution in [3.8, 4) is 0 Å². The zero-order valence-corrected chi connectivity index (χ0v) is 10.9. The number of hydrogen-bond donors (Lipinski definition) is 1. The third-order valence-corrected chi connectivity index (χ3v) is 2.69. The molecule has 0 atom stereocenters. The first-order chi connectivity index (χ1) is 7.50. The highest BCUT2D eigenvalue weighted by molar-refractivity contribution is 7.80. The molecule has 88 valence electrons. The lowest BCUT2D eigenvalue weighted by molar-refractivity contribution is 0.585. The largest absolute Gasteiger partial charge is 0.388 e. The second-order valence-electron chi connectivity index (χ2n) is 4.37. The van der Waals surface area contributed by atoms with Crippen molar-refractivity contribution >= 4 is 22.9 Å². The Hall–Kier alpha value is -1.16. The number of nitrogens with zero attached hydrogens (tertiary/aromatic N) is 2. The van der Waals surface area contributed by atoms with Crippen LogP contribution in [0.5, 0.6) is 0 Å². The molecule has 0 bridgehead atoms. The third-order valence-electron chi connectivity index (χ3n) is 2.48. The molecule has 0 aliphatic carbocycles. The Balaban J connectivity index is 2.63. The summed E-state index contributed by atoms with van der Waals surface area (Å²) in [4.78, 5) is 6.75. The molecule has 0 fully saturated rings. The van der Waals surface area contributed by atoms with Crippen molar-refractivity contribution in [2.24, 2.45) is 11.7 Å². The molecule has 1 heterocycles. The normalized spacial score (nSPS) is 10.5. The highest BCUT2D eigenvalue weighted by atomic mass is 32.1. The Labute approximate surface area is 103 Å². The lowest BCUT2D eigenvalue weighted by Gasteiger charge is -2.20. The summed E-state index contributed by atoms with van der Waals surface area (Å²) >= 11 is 4.86. The van der Waals surface area contributed by atoms with Crippen LogP contribution < -0.4 is 10.6 Å². The minimum atomic E-state index is 0.344. The second-order valence-corrected chi connectivity index (χ2v) is 4.81. The lowest BCUT2D eigenvalue weighted by atomic mass is 10.1. The number of thiocarbonyl (C=S) groups is 1. The summed E-state index contributed by atoms with van der Waals surface area (Å²) in [5.74, 6) is 0.714. The standard InChI is InChI=1S/C12H19N3S/c1-9(2)6-7-15(3)10-4-5-11(12(13)16)14-8-10/h4-5,8-9H,6-7H2,1-3H3,(H2,13,16). The molecule has 4 heteroatoms. The van der Waals surface area contributed by atoms with Crippen LogP contribution in [0.4, 0.5) is 5.69 Å². The minimum absolute atomic E-state index is 0.344. The summed E-state index contributed by atoms with van der Waals surface area (Å²) in [5.41, 5.74) is 7.27. The number of rotatable bonds is 5. The predicted molar refractivity (Wildman–Crippen MR) is 72.8 cm³/mol. The van der Waals surface area contributed by atoms with Crippen molar-refractivity contribution in [1.29, 1.82) is 0 Å². The number of anilines is 1. The maximum absolute atomic E-state index is 5.49. The molecule has 1 rings (SSSR count). The first-order valence-electron chi connectivity index (χ1n) is 5.47. The molecule has 0 spiro atoms. The first-order valence-corrected chi connectivity index (χ1v) is 5.88. The number of nitrogens with two attached hydrogens (primary N) is 1. The Morgan fingerprint density at radius 2 is 2.19 bits per heavy atom. The van der Waals surface area contributed by atoms with E-state index in [1.165, 1.54) is 6.42 Å². The predicted octanol–water partition coefficient (Wildman–Crippen LogP) is 2.20. The van der Waals surface area contributed by atoms with Crippen molar-refractivity contribution in [3.05, 3.63) is 24.0 Å². The van der Waals surface area contributed by atoms with E-state index in [1.807, 2.05) is 18.3 Å². The molecular formula is C12H19N3S. The number of pyridine rings is 1. The van der Waals surface area contributed by atoms with Gasteiger partial charge in [-0.25, -0.2) is 0 Å². The Morgan fingerprint density at radius 1 is 1.50 bits per heavy atom. The van der Waals surface area contributed by atoms with E-state index >= 15 is 0 Å². The molecule has 0 saturated carbocycles. The van der Waals surface area contributed by atoms with Crippen LogP contribution in [0.25, 0.3) is 0 Å². The quantitative estimate of drug-likeness (QED) is 0.797. The van der Waals surface area contributed by atoms with Crippen molar-refractivity contribution in [1.82, 2.24) is 4.98 Å². The summed E-state index contributed by atoms with van der Waals surface area (Å²) < 4.78 is 0. The van der Waals surface area contributed by atoms with Crippen LogP contribution in [0.1, 0.15) is 26.0 Å². The smallest absolute Gasteiger partial charge is 0.122 e. The molecule has 3 nitrogen and oxygen atoms in total. The minimum Gasteiger partial charge on any atom is -0.388 e. The average molecular weight is 237 g/mol. The summed E-state index contributed by atoms with van der Waals surface area (Å²) in [6.07, 6.45) is 2.99. The number of aromatic nitrogens is 1. The van der Waals surface area contributed by atoms with Gasteiger partial charge in [0.15, 0.2) is 0 Å². The molecular weight excluding hydrogens is 218 g/mol. The van der Waals surface area contributed by atoms with E-state index in [-0.39, 0.29) is 0 Å². The first kappa shape index (κ1) is 12.9. The molecule has 0 aliphatic heterocycles. The van der Waals surface area contributed by atoms with E-state index < -0.39 is 0 Å². The molecule has 1 aromatic rings. The average Bonchev–Trinajstić information content (AvgIpc) is 2.26. The van der Waals surface area contributed by atoms with Crippen LogP contribution in [0.2, 0.25) is 0 Å². The molecule has 2 N–H and O–H groups in total. The van der Waals surface area contributed by atoms with E-state index in [0.717, 1.165) is 12.2 Å². The molecule has 0 aliphatic rings. The van der Waals surface area contributed by atoms with Crippen molar-refractivity contribution in [2.45, 2.75) is 20.3 Å². The molecule has 0 unspecified atom stereocenters.